The van der Waals surface area contributed by atoms with Crippen molar-refractivity contribution in [3.8, 4) is 0 Å². The Labute approximate surface area is 166 Å². The molecule has 0 saturated heterocycles. The van der Waals surface area contributed by atoms with Gasteiger partial charge in [-0.25, -0.2) is 0 Å². The predicted molar refractivity (Wildman–Crippen MR) is 107 cm³/mol. The van der Waals surface area contributed by atoms with Gasteiger partial charge in [-0.05, 0) is 73.2 Å². The lowest BCUT2D eigenvalue weighted by Gasteiger charge is -2.58. The molecule has 3 fully saturated rings. The summed E-state index contributed by atoms with van der Waals surface area (Å²) in [6.45, 7) is 4.65. The zero-order valence-corrected chi connectivity index (χ0v) is 17.3. The molecule has 4 aliphatic rings. The Kier molecular flexibility index (Phi) is 4.99. The monoisotopic (exact) mass is 392 g/mol. The average molecular weight is 393 g/mol. The van der Waals surface area contributed by atoms with Gasteiger partial charge < -0.3 is 10.2 Å². The molecule has 3 saturated carbocycles. The SMILES string of the molecule is CC12CCC(=O)C=C1CCC1C2CCC2(C)C(O)CC(SCCC(=O)O)C12. The second-order valence-electron chi connectivity index (χ2n) is 9.74. The largest absolute Gasteiger partial charge is 0.481 e. The number of thioether (sulfide) groups is 1. The lowest BCUT2D eigenvalue weighted by atomic mass is 9.47. The third-order valence-corrected chi connectivity index (χ3v) is 9.88. The lowest BCUT2D eigenvalue weighted by molar-refractivity contribution is -0.136. The molecule has 2 N–H and O–H groups in total. The van der Waals surface area contributed by atoms with Gasteiger partial charge in [0.25, 0.3) is 0 Å². The highest BCUT2D eigenvalue weighted by atomic mass is 32.2. The Balaban J connectivity index is 1.60. The molecule has 5 heteroatoms. The Morgan fingerprint density at radius 1 is 1.26 bits per heavy atom. The summed E-state index contributed by atoms with van der Waals surface area (Å²) < 4.78 is 0. The van der Waals surface area contributed by atoms with E-state index in [2.05, 4.69) is 13.8 Å². The number of ketones is 1. The maximum Gasteiger partial charge on any atom is 0.304 e. The van der Waals surface area contributed by atoms with Crippen LogP contribution in [0.25, 0.3) is 0 Å². The second-order valence-corrected chi connectivity index (χ2v) is 11.1. The predicted octanol–water partition coefficient (Wildman–Crippen LogP) is 4.07. The highest BCUT2D eigenvalue weighted by molar-refractivity contribution is 7.99. The molecule has 27 heavy (non-hydrogen) atoms. The van der Waals surface area contributed by atoms with Gasteiger partial charge >= 0.3 is 5.97 Å². The molecule has 7 unspecified atom stereocenters. The molecule has 7 atom stereocenters. The van der Waals surface area contributed by atoms with Crippen molar-refractivity contribution in [1.82, 2.24) is 0 Å². The molecule has 0 spiro atoms. The number of carboxylic acids is 1. The fourth-order valence-electron chi connectivity index (χ4n) is 7.03. The van der Waals surface area contributed by atoms with E-state index >= 15 is 0 Å². The van der Waals surface area contributed by atoms with Gasteiger partial charge in [0.1, 0.15) is 0 Å². The molecular formula is C22H32O4S. The molecule has 0 aromatic carbocycles. The van der Waals surface area contributed by atoms with Crippen LogP contribution in [0.4, 0.5) is 0 Å². The number of carbonyl (C=O) groups is 2. The van der Waals surface area contributed by atoms with E-state index in [9.17, 15) is 14.7 Å². The Morgan fingerprint density at radius 2 is 2.04 bits per heavy atom. The number of hydrogen-bond acceptors (Lipinski definition) is 4. The van der Waals surface area contributed by atoms with Crippen LogP contribution in [0.5, 0.6) is 0 Å². The van der Waals surface area contributed by atoms with E-state index in [1.165, 1.54) is 5.57 Å². The number of aliphatic carboxylic acids is 1. The van der Waals surface area contributed by atoms with E-state index in [1.807, 2.05) is 6.08 Å². The summed E-state index contributed by atoms with van der Waals surface area (Å²) in [5.41, 5.74) is 1.48. The van der Waals surface area contributed by atoms with Gasteiger partial charge in [0.2, 0.25) is 0 Å². The van der Waals surface area contributed by atoms with Gasteiger partial charge in [-0.3, -0.25) is 9.59 Å². The first-order valence-electron chi connectivity index (χ1n) is 10.5. The van der Waals surface area contributed by atoms with Crippen molar-refractivity contribution in [1.29, 1.82) is 0 Å². The summed E-state index contributed by atoms with van der Waals surface area (Å²) in [5.74, 6) is 1.82. The van der Waals surface area contributed by atoms with Crippen molar-refractivity contribution in [3.05, 3.63) is 11.6 Å². The average Bonchev–Trinajstić information content (AvgIpc) is 2.86. The molecule has 0 radical (unpaired) electrons. The van der Waals surface area contributed by atoms with Crippen LogP contribution in [0.2, 0.25) is 0 Å². The van der Waals surface area contributed by atoms with Gasteiger partial charge in [0.05, 0.1) is 12.5 Å². The van der Waals surface area contributed by atoms with E-state index in [4.69, 9.17) is 5.11 Å². The van der Waals surface area contributed by atoms with Gasteiger partial charge in [0.15, 0.2) is 5.78 Å². The zero-order valence-electron chi connectivity index (χ0n) is 16.4. The smallest absolute Gasteiger partial charge is 0.304 e. The molecule has 0 amide bonds. The number of allylic oxidation sites excluding steroid dienone is 1. The molecule has 0 aliphatic heterocycles. The highest BCUT2D eigenvalue weighted by Gasteiger charge is 2.61. The minimum atomic E-state index is -0.739. The van der Waals surface area contributed by atoms with Crippen molar-refractivity contribution in [3.63, 3.8) is 0 Å². The quantitative estimate of drug-likeness (QED) is 0.754. The Bertz CT molecular complexity index is 673. The normalized spacial score (nSPS) is 46.3. The fourth-order valence-corrected chi connectivity index (χ4v) is 8.66. The molecule has 150 valence electrons. The maximum atomic E-state index is 12.0. The second kappa shape index (κ2) is 6.91. The molecular weight excluding hydrogens is 360 g/mol. The van der Waals surface area contributed by atoms with E-state index in [1.54, 1.807) is 11.8 Å². The molecule has 0 bridgehead atoms. The Morgan fingerprint density at radius 3 is 2.78 bits per heavy atom. The first kappa shape index (κ1) is 19.5. The van der Waals surface area contributed by atoms with Crippen molar-refractivity contribution >= 4 is 23.5 Å². The summed E-state index contributed by atoms with van der Waals surface area (Å²) in [6.07, 6.45) is 8.62. The van der Waals surface area contributed by atoms with Gasteiger partial charge in [-0.1, -0.05) is 19.4 Å². The minimum Gasteiger partial charge on any atom is -0.481 e. The van der Waals surface area contributed by atoms with Crippen LogP contribution in [0.3, 0.4) is 0 Å². The van der Waals surface area contributed by atoms with Crippen LogP contribution < -0.4 is 0 Å². The van der Waals surface area contributed by atoms with Crippen molar-refractivity contribution in [2.75, 3.05) is 5.75 Å². The van der Waals surface area contributed by atoms with Crippen molar-refractivity contribution < 1.29 is 19.8 Å². The third-order valence-electron chi connectivity index (χ3n) is 8.52. The van der Waals surface area contributed by atoms with Crippen LogP contribution in [0, 0.1) is 28.6 Å². The number of rotatable bonds is 4. The number of fused-ring (bicyclic) bond motifs is 5. The molecule has 4 rings (SSSR count). The molecule has 0 heterocycles. The van der Waals surface area contributed by atoms with Crippen molar-refractivity contribution in [2.45, 2.75) is 76.6 Å². The molecule has 4 nitrogen and oxygen atoms in total. The zero-order chi connectivity index (χ0) is 19.4. The van der Waals surface area contributed by atoms with Crippen LogP contribution in [-0.2, 0) is 9.59 Å². The fraction of sp³-hybridized carbons (Fsp3) is 0.818. The van der Waals surface area contributed by atoms with Crippen LogP contribution in [0.15, 0.2) is 11.6 Å². The standard InChI is InChI=1S/C22H32O4S/c1-21-8-5-14(23)11-13(21)3-4-15-16(21)6-9-22(2)18(24)12-17(20(15)22)27-10-7-19(25)26/h11,15-18,20,24H,3-10,12H2,1-2H3,(H,25,26). The molecule has 0 aromatic heterocycles. The van der Waals surface area contributed by atoms with Crippen LogP contribution in [0.1, 0.15) is 65.2 Å². The summed E-state index contributed by atoms with van der Waals surface area (Å²) in [6, 6.07) is 0. The number of hydrogen-bond donors (Lipinski definition) is 2. The summed E-state index contributed by atoms with van der Waals surface area (Å²) >= 11 is 1.78. The summed E-state index contributed by atoms with van der Waals surface area (Å²) in [5, 5.41) is 20.3. The minimum absolute atomic E-state index is 0.0376. The highest BCUT2D eigenvalue weighted by Crippen LogP contribution is 2.66. The molecule has 0 aromatic rings. The third kappa shape index (κ3) is 3.09. The topological polar surface area (TPSA) is 74.6 Å². The van der Waals surface area contributed by atoms with Gasteiger partial charge in [-0.2, -0.15) is 11.8 Å². The van der Waals surface area contributed by atoms with Crippen LogP contribution >= 0.6 is 11.8 Å². The summed E-state index contributed by atoms with van der Waals surface area (Å²) in [4.78, 5) is 22.9. The van der Waals surface area contributed by atoms with E-state index in [-0.39, 0.29) is 23.4 Å². The lowest BCUT2D eigenvalue weighted by Crippen LogP contribution is -2.52. The van der Waals surface area contributed by atoms with E-state index in [0.29, 0.717) is 41.0 Å². The first-order chi connectivity index (χ1) is 12.8. The number of carboxylic acid groups (broad SMARTS) is 1. The Hall–Kier alpha value is -0.810. The van der Waals surface area contributed by atoms with Gasteiger partial charge in [0, 0.05) is 17.4 Å². The van der Waals surface area contributed by atoms with E-state index in [0.717, 1.165) is 38.5 Å². The number of carbonyl (C=O) groups excluding carboxylic acids is 1. The molecule has 4 aliphatic carbocycles. The van der Waals surface area contributed by atoms with E-state index < -0.39 is 5.97 Å². The summed E-state index contributed by atoms with van der Waals surface area (Å²) in [7, 11) is 0. The van der Waals surface area contributed by atoms with Gasteiger partial charge in [-0.15, -0.1) is 0 Å². The number of aliphatic hydroxyl groups excluding tert-OH is 1. The van der Waals surface area contributed by atoms with Crippen molar-refractivity contribution in [2.24, 2.45) is 28.6 Å². The van der Waals surface area contributed by atoms with Crippen LogP contribution in [-0.4, -0.2) is 39.1 Å². The first-order valence-corrected chi connectivity index (χ1v) is 11.6. The maximum absolute atomic E-state index is 12.0. The number of aliphatic hydroxyl groups is 1.